The first kappa shape index (κ1) is 9.91. The lowest BCUT2D eigenvalue weighted by molar-refractivity contribution is -0.127. The number of Topliss-reactive ketones (excluding diaryl/α,β-unsaturated/α-hetero) is 1. The van der Waals surface area contributed by atoms with E-state index >= 15 is 0 Å². The van der Waals surface area contributed by atoms with Crippen molar-refractivity contribution in [2.24, 2.45) is 0 Å². The van der Waals surface area contributed by atoms with Crippen LogP contribution in [-0.4, -0.2) is 28.8 Å². The van der Waals surface area contributed by atoms with Crippen molar-refractivity contribution in [1.82, 2.24) is 4.90 Å². The number of piperidine rings is 2. The van der Waals surface area contributed by atoms with Crippen LogP contribution in [0.15, 0.2) is 12.7 Å². The van der Waals surface area contributed by atoms with Crippen molar-refractivity contribution in [3.8, 4) is 0 Å². The van der Waals surface area contributed by atoms with Crippen LogP contribution in [0, 0.1) is 0 Å². The highest BCUT2D eigenvalue weighted by molar-refractivity contribution is 5.80. The van der Waals surface area contributed by atoms with E-state index in [0.717, 1.165) is 12.8 Å². The van der Waals surface area contributed by atoms with Gasteiger partial charge in [0, 0.05) is 31.0 Å². The summed E-state index contributed by atoms with van der Waals surface area (Å²) in [6, 6.07) is 1.43. The fourth-order valence-corrected chi connectivity index (χ4v) is 3.00. The molecule has 2 heterocycles. The van der Waals surface area contributed by atoms with Gasteiger partial charge in [-0.05, 0) is 19.8 Å². The summed E-state index contributed by atoms with van der Waals surface area (Å²) in [5, 5.41) is 0. The van der Waals surface area contributed by atoms with Crippen LogP contribution >= 0.6 is 0 Å². The molecule has 0 aromatic heterocycles. The van der Waals surface area contributed by atoms with Crippen molar-refractivity contribution < 1.29 is 4.79 Å². The summed E-state index contributed by atoms with van der Waals surface area (Å²) in [7, 11) is 0. The lowest BCUT2D eigenvalue weighted by atomic mass is 9.82. The average molecular weight is 193 g/mol. The van der Waals surface area contributed by atoms with Crippen molar-refractivity contribution in [1.29, 1.82) is 0 Å². The molecule has 2 aliphatic heterocycles. The van der Waals surface area contributed by atoms with E-state index in [9.17, 15) is 4.79 Å². The van der Waals surface area contributed by atoms with Gasteiger partial charge in [0.05, 0.1) is 0 Å². The van der Waals surface area contributed by atoms with Crippen LogP contribution in [0.25, 0.3) is 0 Å². The van der Waals surface area contributed by atoms with Crippen LogP contribution in [0.2, 0.25) is 0 Å². The molecule has 2 saturated heterocycles. The fraction of sp³-hybridized carbons (Fsp3) is 0.750. The maximum absolute atomic E-state index is 11.5. The molecular formula is C12H19NO. The summed E-state index contributed by atoms with van der Waals surface area (Å²) in [6.07, 6.45) is 7.23. The zero-order valence-electron chi connectivity index (χ0n) is 8.91. The summed E-state index contributed by atoms with van der Waals surface area (Å²) in [4.78, 5) is 14.0. The molecule has 3 atom stereocenters. The second-order valence-electron chi connectivity index (χ2n) is 4.61. The van der Waals surface area contributed by atoms with Crippen LogP contribution in [0.4, 0.5) is 0 Å². The highest BCUT2D eigenvalue weighted by Crippen LogP contribution is 2.33. The monoisotopic (exact) mass is 193 g/mol. The van der Waals surface area contributed by atoms with Gasteiger partial charge in [-0.15, -0.1) is 6.58 Å². The van der Waals surface area contributed by atoms with Crippen LogP contribution in [0.5, 0.6) is 0 Å². The Hall–Kier alpha value is -0.630. The minimum atomic E-state index is 0.429. The third-order valence-electron chi connectivity index (χ3n) is 3.66. The van der Waals surface area contributed by atoms with Gasteiger partial charge in [-0.25, -0.2) is 0 Å². The van der Waals surface area contributed by atoms with Gasteiger partial charge in [0.15, 0.2) is 0 Å². The molecule has 0 aliphatic carbocycles. The van der Waals surface area contributed by atoms with Gasteiger partial charge in [0.2, 0.25) is 0 Å². The molecule has 14 heavy (non-hydrogen) atoms. The second-order valence-corrected chi connectivity index (χ2v) is 4.61. The largest absolute Gasteiger partial charge is 0.300 e. The average Bonchev–Trinajstić information content (AvgIpc) is 2.15. The van der Waals surface area contributed by atoms with Crippen molar-refractivity contribution in [2.45, 2.75) is 57.2 Å². The smallest absolute Gasteiger partial charge is 0.136 e. The number of fused-ring (bicyclic) bond motifs is 2. The summed E-state index contributed by atoms with van der Waals surface area (Å²) in [5.41, 5.74) is 0. The van der Waals surface area contributed by atoms with E-state index in [1.807, 2.05) is 6.08 Å². The molecule has 2 rings (SSSR count). The Kier molecular flexibility index (Phi) is 2.73. The van der Waals surface area contributed by atoms with Crippen LogP contribution < -0.4 is 0 Å². The van der Waals surface area contributed by atoms with E-state index in [2.05, 4.69) is 18.4 Å². The Morgan fingerprint density at radius 3 is 2.50 bits per heavy atom. The van der Waals surface area contributed by atoms with Crippen LogP contribution in [-0.2, 0) is 4.79 Å². The van der Waals surface area contributed by atoms with Gasteiger partial charge < -0.3 is 0 Å². The molecule has 0 amide bonds. The summed E-state index contributed by atoms with van der Waals surface area (Å²) >= 11 is 0. The first-order valence-corrected chi connectivity index (χ1v) is 5.64. The highest BCUT2D eigenvalue weighted by Gasteiger charge is 2.38. The Morgan fingerprint density at radius 2 is 2.00 bits per heavy atom. The second kappa shape index (κ2) is 3.85. The standard InChI is InChI=1S/C12H19NO/c1-3-9(2)13-10-5-4-6-11(13)8-12(14)7-10/h3,9-11H,1,4-8H2,2H3. The molecule has 0 aromatic rings. The third-order valence-corrected chi connectivity index (χ3v) is 3.66. The highest BCUT2D eigenvalue weighted by atomic mass is 16.1. The zero-order valence-corrected chi connectivity index (χ0v) is 8.91. The molecule has 2 nitrogen and oxygen atoms in total. The van der Waals surface area contributed by atoms with Gasteiger partial charge in [0.25, 0.3) is 0 Å². The van der Waals surface area contributed by atoms with Gasteiger partial charge in [-0.1, -0.05) is 12.5 Å². The number of carbonyl (C=O) groups is 1. The molecule has 2 aliphatic rings. The molecule has 3 unspecified atom stereocenters. The number of nitrogens with zero attached hydrogens (tertiary/aromatic N) is 1. The predicted molar refractivity (Wildman–Crippen MR) is 57.2 cm³/mol. The van der Waals surface area contributed by atoms with E-state index < -0.39 is 0 Å². The molecular weight excluding hydrogens is 174 g/mol. The number of hydrogen-bond donors (Lipinski definition) is 0. The van der Waals surface area contributed by atoms with E-state index in [0.29, 0.717) is 23.9 Å². The minimum Gasteiger partial charge on any atom is -0.300 e. The fourth-order valence-electron chi connectivity index (χ4n) is 3.00. The van der Waals surface area contributed by atoms with Crippen molar-refractivity contribution in [2.75, 3.05) is 0 Å². The van der Waals surface area contributed by atoms with E-state index in [4.69, 9.17) is 0 Å². The number of ketones is 1. The zero-order chi connectivity index (χ0) is 10.1. The molecule has 0 spiro atoms. The minimum absolute atomic E-state index is 0.429. The van der Waals surface area contributed by atoms with Crippen molar-refractivity contribution in [3.05, 3.63) is 12.7 Å². The maximum Gasteiger partial charge on any atom is 0.136 e. The first-order valence-electron chi connectivity index (χ1n) is 5.64. The third kappa shape index (κ3) is 1.63. The van der Waals surface area contributed by atoms with E-state index in [1.165, 1.54) is 19.3 Å². The molecule has 78 valence electrons. The maximum atomic E-state index is 11.5. The van der Waals surface area contributed by atoms with Crippen LogP contribution in [0.3, 0.4) is 0 Å². The Balaban J connectivity index is 2.16. The summed E-state index contributed by atoms with van der Waals surface area (Å²) in [6.45, 7) is 6.04. The molecule has 2 fully saturated rings. The predicted octanol–water partition coefficient (Wildman–Crippen LogP) is 2.15. The molecule has 2 heteroatoms. The van der Waals surface area contributed by atoms with Crippen molar-refractivity contribution in [3.63, 3.8) is 0 Å². The number of carbonyl (C=O) groups excluding carboxylic acids is 1. The van der Waals surface area contributed by atoms with Crippen LogP contribution in [0.1, 0.15) is 39.0 Å². The SMILES string of the molecule is C=CC(C)N1C2CCCC1CC(=O)C2. The molecule has 0 radical (unpaired) electrons. The Labute approximate surface area is 86.0 Å². The topological polar surface area (TPSA) is 20.3 Å². The van der Waals surface area contributed by atoms with E-state index in [1.54, 1.807) is 0 Å². The van der Waals surface area contributed by atoms with Gasteiger partial charge in [-0.2, -0.15) is 0 Å². The van der Waals surface area contributed by atoms with Crippen molar-refractivity contribution >= 4 is 5.78 Å². The summed E-state index contributed by atoms with van der Waals surface area (Å²) < 4.78 is 0. The van der Waals surface area contributed by atoms with Gasteiger partial charge in [-0.3, -0.25) is 9.69 Å². The lowest BCUT2D eigenvalue weighted by Crippen LogP contribution is -2.55. The van der Waals surface area contributed by atoms with Gasteiger partial charge in [0.1, 0.15) is 5.78 Å². The van der Waals surface area contributed by atoms with Gasteiger partial charge >= 0.3 is 0 Å². The lowest BCUT2D eigenvalue weighted by Gasteiger charge is -2.47. The summed E-state index contributed by atoms with van der Waals surface area (Å²) in [5.74, 6) is 0.465. The first-order chi connectivity index (χ1) is 6.72. The molecule has 2 bridgehead atoms. The molecule has 0 aromatic carbocycles. The normalized spacial score (nSPS) is 35.4. The van der Waals surface area contributed by atoms with E-state index in [-0.39, 0.29) is 0 Å². The number of hydrogen-bond acceptors (Lipinski definition) is 2. The quantitative estimate of drug-likeness (QED) is 0.626. The Morgan fingerprint density at radius 1 is 1.43 bits per heavy atom. The number of rotatable bonds is 2. The Bertz CT molecular complexity index is 233. The molecule has 0 saturated carbocycles. The molecule has 0 N–H and O–H groups in total.